The van der Waals surface area contributed by atoms with Crippen molar-refractivity contribution in [2.45, 2.75) is 33.7 Å². The second-order valence-electron chi connectivity index (χ2n) is 7.94. The van der Waals surface area contributed by atoms with E-state index < -0.39 is 0 Å². The van der Waals surface area contributed by atoms with Crippen molar-refractivity contribution in [1.29, 1.82) is 0 Å². The topological polar surface area (TPSA) is 48.1 Å². The first-order valence-electron chi connectivity index (χ1n) is 10.1. The van der Waals surface area contributed by atoms with Crippen LogP contribution in [0, 0.1) is 12.8 Å². The Bertz CT molecular complexity index is 896. The number of aryl methyl sites for hydroxylation is 1. The molecule has 3 rings (SSSR count). The van der Waals surface area contributed by atoms with E-state index in [0.29, 0.717) is 25.6 Å². The van der Waals surface area contributed by atoms with Gasteiger partial charge in [0.1, 0.15) is 0 Å². The number of amides is 1. The molecule has 3 aromatic rings. The summed E-state index contributed by atoms with van der Waals surface area (Å²) in [6, 6.07) is 16.8. The Morgan fingerprint density at radius 3 is 2.61 bits per heavy atom. The van der Waals surface area contributed by atoms with Crippen LogP contribution in [0.5, 0.6) is 0 Å². The Labute approximate surface area is 167 Å². The van der Waals surface area contributed by atoms with Crippen molar-refractivity contribution in [1.82, 2.24) is 15.2 Å². The van der Waals surface area contributed by atoms with E-state index >= 15 is 0 Å². The molecule has 0 aliphatic carbocycles. The largest absolute Gasteiger partial charge is 0.361 e. The van der Waals surface area contributed by atoms with Crippen LogP contribution in [-0.4, -0.2) is 35.4 Å². The maximum absolute atomic E-state index is 12.9. The molecule has 4 heteroatoms. The Hall–Kier alpha value is -2.59. The van der Waals surface area contributed by atoms with Gasteiger partial charge in [0.2, 0.25) is 5.91 Å². The molecule has 0 atom stereocenters. The van der Waals surface area contributed by atoms with Crippen LogP contribution in [0.25, 0.3) is 10.9 Å². The summed E-state index contributed by atoms with van der Waals surface area (Å²) in [7, 11) is 0. The van der Waals surface area contributed by atoms with Gasteiger partial charge in [-0.05, 0) is 43.0 Å². The molecule has 4 nitrogen and oxygen atoms in total. The van der Waals surface area contributed by atoms with Crippen LogP contribution >= 0.6 is 0 Å². The zero-order chi connectivity index (χ0) is 19.9. The van der Waals surface area contributed by atoms with Gasteiger partial charge in [-0.15, -0.1) is 0 Å². The van der Waals surface area contributed by atoms with Crippen molar-refractivity contribution in [3.63, 3.8) is 0 Å². The van der Waals surface area contributed by atoms with E-state index in [-0.39, 0.29) is 5.91 Å². The molecule has 1 aromatic heterocycles. The molecule has 0 saturated heterocycles. The second kappa shape index (κ2) is 9.56. The first kappa shape index (κ1) is 20.2. The molecule has 1 heterocycles. The highest BCUT2D eigenvalue weighted by molar-refractivity contribution is 5.83. The first-order chi connectivity index (χ1) is 13.5. The third kappa shape index (κ3) is 5.46. The van der Waals surface area contributed by atoms with Crippen LogP contribution in [0.2, 0.25) is 0 Å². The number of carbonyl (C=O) groups is 1. The average molecular weight is 378 g/mol. The number of hydrogen-bond acceptors (Lipinski definition) is 2. The molecule has 2 aromatic carbocycles. The minimum atomic E-state index is 0.154. The van der Waals surface area contributed by atoms with Crippen LogP contribution in [0.15, 0.2) is 54.7 Å². The molecule has 2 N–H and O–H groups in total. The number of carbonyl (C=O) groups excluding carboxylic acids is 1. The molecule has 0 unspecified atom stereocenters. The van der Waals surface area contributed by atoms with Gasteiger partial charge < -0.3 is 15.2 Å². The smallest absolute Gasteiger partial charge is 0.236 e. The maximum atomic E-state index is 12.9. The third-order valence-corrected chi connectivity index (χ3v) is 5.00. The SMILES string of the molecule is Cc1ccc(CN(CCc2c[nH]c3ccccc23)C(=O)CNCC(C)C)cc1. The number of aromatic amines is 1. The molecule has 0 fully saturated rings. The predicted molar refractivity (Wildman–Crippen MR) is 116 cm³/mol. The van der Waals surface area contributed by atoms with Crippen molar-refractivity contribution in [2.24, 2.45) is 5.92 Å². The normalized spacial score (nSPS) is 11.3. The lowest BCUT2D eigenvalue weighted by atomic mass is 10.1. The predicted octanol–water partition coefficient (Wildman–Crippen LogP) is 4.29. The van der Waals surface area contributed by atoms with Gasteiger partial charge in [0.05, 0.1) is 6.54 Å². The first-order valence-corrected chi connectivity index (χ1v) is 10.1. The van der Waals surface area contributed by atoms with Crippen LogP contribution in [0.1, 0.15) is 30.5 Å². The highest BCUT2D eigenvalue weighted by atomic mass is 16.2. The summed E-state index contributed by atoms with van der Waals surface area (Å²) in [6.07, 6.45) is 2.90. The highest BCUT2D eigenvalue weighted by Gasteiger charge is 2.15. The molecule has 0 aliphatic heterocycles. The monoisotopic (exact) mass is 377 g/mol. The van der Waals surface area contributed by atoms with Gasteiger partial charge in [-0.3, -0.25) is 4.79 Å². The summed E-state index contributed by atoms with van der Waals surface area (Å²) in [5.41, 5.74) is 4.81. The highest BCUT2D eigenvalue weighted by Crippen LogP contribution is 2.19. The number of nitrogens with zero attached hydrogens (tertiary/aromatic N) is 1. The van der Waals surface area contributed by atoms with Crippen molar-refractivity contribution >= 4 is 16.8 Å². The fraction of sp³-hybridized carbons (Fsp3) is 0.375. The fourth-order valence-electron chi connectivity index (χ4n) is 3.38. The summed E-state index contributed by atoms with van der Waals surface area (Å²) in [4.78, 5) is 18.2. The zero-order valence-corrected chi connectivity index (χ0v) is 17.2. The summed E-state index contributed by atoms with van der Waals surface area (Å²) in [5.74, 6) is 0.686. The van der Waals surface area contributed by atoms with E-state index in [2.05, 4.69) is 79.7 Å². The van der Waals surface area contributed by atoms with E-state index in [1.165, 1.54) is 22.1 Å². The summed E-state index contributed by atoms with van der Waals surface area (Å²) >= 11 is 0. The number of rotatable bonds is 9. The number of fused-ring (bicyclic) bond motifs is 1. The van der Waals surface area contributed by atoms with E-state index in [0.717, 1.165) is 18.5 Å². The Morgan fingerprint density at radius 2 is 1.86 bits per heavy atom. The second-order valence-corrected chi connectivity index (χ2v) is 7.94. The van der Waals surface area contributed by atoms with Crippen LogP contribution in [0.3, 0.4) is 0 Å². The van der Waals surface area contributed by atoms with Gasteiger partial charge in [0, 0.05) is 30.2 Å². The van der Waals surface area contributed by atoms with Crippen molar-refractivity contribution in [2.75, 3.05) is 19.6 Å². The van der Waals surface area contributed by atoms with Gasteiger partial charge in [0.25, 0.3) is 0 Å². The standard InChI is InChI=1S/C24H31N3O/c1-18(2)14-25-16-24(28)27(17-20-10-8-19(3)9-11-20)13-12-21-15-26-23-7-5-4-6-22(21)23/h4-11,15,18,25-26H,12-14,16-17H2,1-3H3. The third-order valence-electron chi connectivity index (χ3n) is 5.00. The summed E-state index contributed by atoms with van der Waals surface area (Å²) < 4.78 is 0. The van der Waals surface area contributed by atoms with Crippen LogP contribution in [0.4, 0.5) is 0 Å². The molecule has 0 radical (unpaired) electrons. The molecule has 0 bridgehead atoms. The van der Waals surface area contributed by atoms with E-state index in [1.54, 1.807) is 0 Å². The van der Waals surface area contributed by atoms with Gasteiger partial charge in [-0.2, -0.15) is 0 Å². The molecule has 0 spiro atoms. The molecular formula is C24H31N3O. The van der Waals surface area contributed by atoms with Gasteiger partial charge in [-0.1, -0.05) is 61.9 Å². The fourth-order valence-corrected chi connectivity index (χ4v) is 3.38. The lowest BCUT2D eigenvalue weighted by Gasteiger charge is -2.23. The molecule has 1 amide bonds. The molecular weight excluding hydrogens is 346 g/mol. The number of hydrogen-bond donors (Lipinski definition) is 2. The number of nitrogens with one attached hydrogen (secondary N) is 2. The van der Waals surface area contributed by atoms with Gasteiger partial charge in [0.15, 0.2) is 0 Å². The zero-order valence-electron chi connectivity index (χ0n) is 17.2. The maximum Gasteiger partial charge on any atom is 0.236 e. The average Bonchev–Trinajstić information content (AvgIpc) is 3.09. The number of H-pyrrole nitrogens is 1. The molecule has 148 valence electrons. The Balaban J connectivity index is 1.69. The van der Waals surface area contributed by atoms with E-state index in [9.17, 15) is 4.79 Å². The summed E-state index contributed by atoms with van der Waals surface area (Å²) in [6.45, 7) is 8.98. The van der Waals surface area contributed by atoms with Crippen LogP contribution < -0.4 is 5.32 Å². The van der Waals surface area contributed by atoms with E-state index in [1.807, 2.05) is 11.0 Å². The number of benzene rings is 2. The summed E-state index contributed by atoms with van der Waals surface area (Å²) in [5, 5.41) is 4.52. The van der Waals surface area contributed by atoms with Crippen molar-refractivity contribution in [3.05, 3.63) is 71.4 Å². The van der Waals surface area contributed by atoms with Crippen molar-refractivity contribution in [3.8, 4) is 0 Å². The molecule has 0 aliphatic rings. The minimum Gasteiger partial charge on any atom is -0.361 e. The number of para-hydroxylation sites is 1. The number of aromatic nitrogens is 1. The quantitative estimate of drug-likeness (QED) is 0.584. The lowest BCUT2D eigenvalue weighted by Crippen LogP contribution is -2.39. The minimum absolute atomic E-state index is 0.154. The molecule has 0 saturated carbocycles. The van der Waals surface area contributed by atoms with Crippen LogP contribution in [-0.2, 0) is 17.8 Å². The Kier molecular flexibility index (Phi) is 6.88. The van der Waals surface area contributed by atoms with Gasteiger partial charge >= 0.3 is 0 Å². The Morgan fingerprint density at radius 1 is 1.11 bits per heavy atom. The van der Waals surface area contributed by atoms with Gasteiger partial charge in [-0.25, -0.2) is 0 Å². The van der Waals surface area contributed by atoms with Crippen molar-refractivity contribution < 1.29 is 4.79 Å². The van der Waals surface area contributed by atoms with E-state index in [4.69, 9.17) is 0 Å². The lowest BCUT2D eigenvalue weighted by molar-refractivity contribution is -0.130. The molecule has 28 heavy (non-hydrogen) atoms.